The van der Waals surface area contributed by atoms with Crippen LogP contribution in [0.5, 0.6) is 0 Å². The summed E-state index contributed by atoms with van der Waals surface area (Å²) in [6.45, 7) is 1.83. The number of anilines is 1. The average Bonchev–Trinajstić information content (AvgIpc) is 2.77. The van der Waals surface area contributed by atoms with Gasteiger partial charge in [-0.1, -0.05) is 0 Å². The number of hydrogen-bond donors (Lipinski definition) is 1. The van der Waals surface area contributed by atoms with Crippen LogP contribution in [-0.2, 0) is 0 Å². The van der Waals surface area contributed by atoms with Crippen molar-refractivity contribution in [2.24, 2.45) is 0 Å². The first-order valence-electron chi connectivity index (χ1n) is 6.87. The third kappa shape index (κ3) is 2.32. The van der Waals surface area contributed by atoms with E-state index in [1.807, 2.05) is 6.07 Å². The summed E-state index contributed by atoms with van der Waals surface area (Å²) in [7, 11) is 0. The van der Waals surface area contributed by atoms with Gasteiger partial charge in [-0.3, -0.25) is 10.1 Å². The summed E-state index contributed by atoms with van der Waals surface area (Å²) in [6.07, 6.45) is 3.50. The molecule has 1 aromatic carbocycles. The lowest BCUT2D eigenvalue weighted by Gasteiger charge is -2.26. The molecule has 0 saturated carbocycles. The molecule has 6 nitrogen and oxygen atoms in total. The monoisotopic (exact) mass is 272 g/mol. The fourth-order valence-corrected chi connectivity index (χ4v) is 3.15. The van der Waals surface area contributed by atoms with Gasteiger partial charge in [-0.15, -0.1) is 0 Å². The van der Waals surface area contributed by atoms with Crippen molar-refractivity contribution in [3.63, 3.8) is 0 Å². The minimum Gasteiger partial charge on any atom is -0.370 e. The first-order chi connectivity index (χ1) is 9.67. The number of nitro benzene ring substituents is 1. The van der Waals surface area contributed by atoms with E-state index < -0.39 is 4.92 Å². The number of nitrogens with one attached hydrogen (secondary N) is 1. The molecule has 0 aliphatic carbocycles. The Balaban J connectivity index is 1.87. The van der Waals surface area contributed by atoms with Crippen molar-refractivity contribution < 1.29 is 4.92 Å². The van der Waals surface area contributed by atoms with E-state index in [1.165, 1.54) is 18.9 Å². The molecule has 1 N–H and O–H groups in total. The number of nitriles is 1. The highest BCUT2D eigenvalue weighted by molar-refractivity contribution is 5.60. The van der Waals surface area contributed by atoms with Crippen molar-refractivity contribution in [2.45, 2.75) is 31.3 Å². The van der Waals surface area contributed by atoms with Crippen LogP contribution >= 0.6 is 0 Å². The second-order valence-electron chi connectivity index (χ2n) is 5.44. The van der Waals surface area contributed by atoms with Crippen LogP contribution in [-0.4, -0.2) is 30.1 Å². The van der Waals surface area contributed by atoms with Gasteiger partial charge in [-0.2, -0.15) is 5.26 Å². The Morgan fingerprint density at radius 2 is 2.15 bits per heavy atom. The van der Waals surface area contributed by atoms with E-state index >= 15 is 0 Å². The van der Waals surface area contributed by atoms with E-state index in [0.29, 0.717) is 12.1 Å². The summed E-state index contributed by atoms with van der Waals surface area (Å²) in [5, 5.41) is 23.5. The highest BCUT2D eigenvalue weighted by Crippen LogP contribution is 2.28. The van der Waals surface area contributed by atoms with Gasteiger partial charge >= 0.3 is 0 Å². The number of fused-ring (bicyclic) bond motifs is 2. The molecule has 2 unspecified atom stereocenters. The van der Waals surface area contributed by atoms with Gasteiger partial charge in [0.1, 0.15) is 11.6 Å². The van der Waals surface area contributed by atoms with E-state index in [0.717, 1.165) is 25.2 Å². The van der Waals surface area contributed by atoms with Gasteiger partial charge in [0, 0.05) is 36.9 Å². The Labute approximate surface area is 117 Å². The molecule has 2 saturated heterocycles. The first-order valence-corrected chi connectivity index (χ1v) is 6.87. The number of benzene rings is 1. The van der Waals surface area contributed by atoms with Crippen LogP contribution in [0.3, 0.4) is 0 Å². The summed E-state index contributed by atoms with van der Waals surface area (Å²) < 4.78 is 0. The number of nitrogens with zero attached hydrogens (tertiary/aromatic N) is 3. The van der Waals surface area contributed by atoms with E-state index in [9.17, 15) is 10.1 Å². The van der Waals surface area contributed by atoms with E-state index in [4.69, 9.17) is 5.26 Å². The van der Waals surface area contributed by atoms with Gasteiger partial charge in [-0.25, -0.2) is 0 Å². The molecular formula is C14H16N4O2. The summed E-state index contributed by atoms with van der Waals surface area (Å²) in [6, 6.07) is 7.83. The Morgan fingerprint density at radius 3 is 2.90 bits per heavy atom. The highest BCUT2D eigenvalue weighted by Gasteiger charge is 2.29. The second kappa shape index (κ2) is 5.10. The quantitative estimate of drug-likeness (QED) is 0.655. The van der Waals surface area contributed by atoms with Crippen molar-refractivity contribution in [1.82, 2.24) is 5.32 Å². The van der Waals surface area contributed by atoms with E-state index in [2.05, 4.69) is 10.2 Å². The van der Waals surface area contributed by atoms with Gasteiger partial charge in [0.25, 0.3) is 5.69 Å². The topological polar surface area (TPSA) is 82.2 Å². The van der Waals surface area contributed by atoms with Crippen LogP contribution in [0.1, 0.15) is 24.8 Å². The molecule has 0 aromatic heterocycles. The van der Waals surface area contributed by atoms with Crippen molar-refractivity contribution >= 4 is 11.4 Å². The van der Waals surface area contributed by atoms with Gasteiger partial charge in [0.05, 0.1) is 4.92 Å². The molecule has 0 spiro atoms. The number of rotatable bonds is 2. The van der Waals surface area contributed by atoms with Crippen LogP contribution in [0.2, 0.25) is 0 Å². The lowest BCUT2D eigenvalue weighted by atomic mass is 10.1. The molecule has 0 radical (unpaired) electrons. The molecule has 0 amide bonds. The molecule has 2 fully saturated rings. The van der Waals surface area contributed by atoms with Crippen LogP contribution in [0.15, 0.2) is 18.2 Å². The molecule has 6 heteroatoms. The summed E-state index contributed by atoms with van der Waals surface area (Å²) in [5.41, 5.74) is 0.919. The lowest BCUT2D eigenvalue weighted by Crippen LogP contribution is -2.35. The standard InChI is InChI=1S/C14H16N4O2/c15-8-10-7-13(3-4-14(10)18(19)20)17-6-5-11-1-2-12(9-17)16-11/h3-4,7,11-12,16H,1-2,5-6,9H2. The molecule has 2 aliphatic heterocycles. The molecule has 3 rings (SSSR count). The highest BCUT2D eigenvalue weighted by atomic mass is 16.6. The smallest absolute Gasteiger partial charge is 0.287 e. The molecule has 2 bridgehead atoms. The molecule has 1 aromatic rings. The zero-order chi connectivity index (χ0) is 14.1. The maximum absolute atomic E-state index is 10.9. The van der Waals surface area contributed by atoms with Crippen molar-refractivity contribution in [1.29, 1.82) is 5.26 Å². The van der Waals surface area contributed by atoms with E-state index in [-0.39, 0.29) is 11.3 Å². The molecular weight excluding hydrogens is 256 g/mol. The molecule has 2 aliphatic rings. The summed E-state index contributed by atoms with van der Waals surface area (Å²) in [4.78, 5) is 12.6. The first kappa shape index (κ1) is 12.9. The van der Waals surface area contributed by atoms with Gasteiger partial charge in [0.15, 0.2) is 0 Å². The largest absolute Gasteiger partial charge is 0.370 e. The van der Waals surface area contributed by atoms with E-state index in [1.54, 1.807) is 12.1 Å². The van der Waals surface area contributed by atoms with Gasteiger partial charge in [0.2, 0.25) is 0 Å². The Hall–Kier alpha value is -2.13. The molecule has 2 atom stereocenters. The van der Waals surface area contributed by atoms with Crippen LogP contribution < -0.4 is 10.2 Å². The zero-order valence-electron chi connectivity index (χ0n) is 11.1. The second-order valence-corrected chi connectivity index (χ2v) is 5.44. The Bertz CT molecular complexity index is 581. The minimum atomic E-state index is -0.506. The zero-order valence-corrected chi connectivity index (χ0v) is 11.1. The fourth-order valence-electron chi connectivity index (χ4n) is 3.15. The molecule has 104 valence electrons. The van der Waals surface area contributed by atoms with Gasteiger partial charge < -0.3 is 10.2 Å². The normalized spacial score (nSPS) is 25.1. The van der Waals surface area contributed by atoms with Crippen LogP contribution in [0, 0.1) is 21.4 Å². The van der Waals surface area contributed by atoms with Crippen molar-refractivity contribution in [3.05, 3.63) is 33.9 Å². The maximum atomic E-state index is 10.9. The number of hydrogen-bond acceptors (Lipinski definition) is 5. The Kier molecular flexibility index (Phi) is 3.28. The van der Waals surface area contributed by atoms with Crippen molar-refractivity contribution in [2.75, 3.05) is 18.0 Å². The van der Waals surface area contributed by atoms with Crippen LogP contribution in [0.4, 0.5) is 11.4 Å². The fraction of sp³-hybridized carbons (Fsp3) is 0.500. The predicted octanol–water partition coefficient (Wildman–Crippen LogP) is 1.80. The van der Waals surface area contributed by atoms with Crippen LogP contribution in [0.25, 0.3) is 0 Å². The maximum Gasteiger partial charge on any atom is 0.287 e. The minimum absolute atomic E-state index is 0.120. The van der Waals surface area contributed by atoms with Crippen molar-refractivity contribution in [3.8, 4) is 6.07 Å². The summed E-state index contributed by atoms with van der Waals surface area (Å²) in [5.74, 6) is 0. The third-order valence-corrected chi connectivity index (χ3v) is 4.19. The average molecular weight is 272 g/mol. The lowest BCUT2D eigenvalue weighted by molar-refractivity contribution is -0.385. The molecule has 20 heavy (non-hydrogen) atoms. The molecule has 2 heterocycles. The van der Waals surface area contributed by atoms with Gasteiger partial charge in [-0.05, 0) is 31.4 Å². The SMILES string of the molecule is N#Cc1cc(N2CCC3CCC(C2)N3)ccc1[N+](=O)[O-]. The third-order valence-electron chi connectivity index (χ3n) is 4.19. The summed E-state index contributed by atoms with van der Waals surface area (Å²) >= 11 is 0. The predicted molar refractivity (Wildman–Crippen MR) is 74.6 cm³/mol. The number of nitro groups is 1. The Morgan fingerprint density at radius 1 is 1.35 bits per heavy atom.